The first kappa shape index (κ1) is 20.1. The van der Waals surface area contributed by atoms with Crippen LogP contribution in [0.1, 0.15) is 34.0 Å². The highest BCUT2D eigenvalue weighted by molar-refractivity contribution is 5.99. The number of ether oxygens (including phenoxy) is 3. The van der Waals surface area contributed by atoms with Gasteiger partial charge in [0.2, 0.25) is 5.75 Å². The summed E-state index contributed by atoms with van der Waals surface area (Å²) in [6.07, 6.45) is 4.61. The van der Waals surface area contributed by atoms with Gasteiger partial charge in [0.15, 0.2) is 22.9 Å². The number of methoxy groups -OCH3 is 3. The molecule has 7 heteroatoms. The van der Waals surface area contributed by atoms with E-state index in [-0.39, 0.29) is 11.7 Å². The average molecular weight is 429 g/mol. The summed E-state index contributed by atoms with van der Waals surface area (Å²) in [6, 6.07) is 13.8. The number of nitrogens with zero attached hydrogens (tertiary/aromatic N) is 3. The minimum Gasteiger partial charge on any atom is -0.493 e. The minimum absolute atomic E-state index is 0.0400. The third-order valence-corrected chi connectivity index (χ3v) is 5.99. The van der Waals surface area contributed by atoms with Crippen molar-refractivity contribution in [1.82, 2.24) is 14.6 Å². The van der Waals surface area contributed by atoms with Gasteiger partial charge in [-0.15, -0.1) is 0 Å². The summed E-state index contributed by atoms with van der Waals surface area (Å²) < 4.78 is 18.1. The Morgan fingerprint density at radius 1 is 0.938 bits per heavy atom. The third kappa shape index (κ3) is 3.26. The van der Waals surface area contributed by atoms with Gasteiger partial charge in [0, 0.05) is 18.2 Å². The number of Topliss-reactive ketones (excluding diaryl/α,β-unsaturated/α-hetero) is 1. The van der Waals surface area contributed by atoms with Gasteiger partial charge in [0.05, 0.1) is 38.8 Å². The molecule has 0 spiro atoms. The summed E-state index contributed by atoms with van der Waals surface area (Å²) in [5, 5.41) is 4.43. The van der Waals surface area contributed by atoms with E-state index >= 15 is 0 Å². The maximum absolute atomic E-state index is 13.1. The van der Waals surface area contributed by atoms with E-state index in [2.05, 4.69) is 5.10 Å². The van der Waals surface area contributed by atoms with E-state index in [1.807, 2.05) is 42.5 Å². The molecule has 0 saturated carbocycles. The van der Waals surface area contributed by atoms with Crippen LogP contribution in [0.5, 0.6) is 17.2 Å². The Labute approximate surface area is 185 Å². The molecule has 7 nitrogen and oxygen atoms in total. The van der Waals surface area contributed by atoms with Crippen molar-refractivity contribution < 1.29 is 19.0 Å². The lowest BCUT2D eigenvalue weighted by Crippen LogP contribution is -2.21. The lowest BCUT2D eigenvalue weighted by molar-refractivity contribution is 0.0962. The summed E-state index contributed by atoms with van der Waals surface area (Å²) in [6.45, 7) is 0. The van der Waals surface area contributed by atoms with Crippen LogP contribution in [-0.2, 0) is 6.42 Å². The van der Waals surface area contributed by atoms with Gasteiger partial charge in [-0.1, -0.05) is 30.3 Å². The van der Waals surface area contributed by atoms with E-state index in [0.717, 1.165) is 28.0 Å². The van der Waals surface area contributed by atoms with Crippen LogP contribution in [0.25, 0.3) is 16.8 Å². The van der Waals surface area contributed by atoms with Crippen molar-refractivity contribution in [3.63, 3.8) is 0 Å². The highest BCUT2D eigenvalue weighted by Crippen LogP contribution is 2.42. The summed E-state index contributed by atoms with van der Waals surface area (Å²) in [5.74, 6) is 1.70. The van der Waals surface area contributed by atoms with Gasteiger partial charge in [0.1, 0.15) is 0 Å². The minimum atomic E-state index is -0.0400. The van der Waals surface area contributed by atoms with Crippen molar-refractivity contribution >= 4 is 11.4 Å². The van der Waals surface area contributed by atoms with Gasteiger partial charge < -0.3 is 14.2 Å². The second kappa shape index (κ2) is 8.00. The Morgan fingerprint density at radius 3 is 2.31 bits per heavy atom. The smallest absolute Gasteiger partial charge is 0.203 e. The van der Waals surface area contributed by atoms with E-state index in [1.54, 1.807) is 38.2 Å². The molecule has 1 aliphatic carbocycles. The highest BCUT2D eigenvalue weighted by Gasteiger charge is 2.30. The molecule has 1 atom stereocenters. The Hall–Kier alpha value is -3.87. The molecule has 2 aromatic heterocycles. The van der Waals surface area contributed by atoms with Gasteiger partial charge in [-0.2, -0.15) is 5.10 Å². The standard InChI is InChI=1S/C25H23N3O4/c1-30-22-11-17(12-23(31-2)24(22)32-3)16-9-20-19(21(29)10-16)14-28-25(27-20)18(13-26-28)15-7-5-4-6-8-15/h4-8,11-14,16H,9-10H2,1-3H3. The van der Waals surface area contributed by atoms with Crippen LogP contribution in [0.3, 0.4) is 0 Å². The number of hydrogen-bond acceptors (Lipinski definition) is 6. The molecule has 1 aliphatic rings. The number of benzene rings is 2. The molecular formula is C25H23N3O4. The van der Waals surface area contributed by atoms with Gasteiger partial charge in [-0.3, -0.25) is 4.79 Å². The molecule has 162 valence electrons. The van der Waals surface area contributed by atoms with Crippen LogP contribution in [-0.4, -0.2) is 41.7 Å². The molecule has 1 unspecified atom stereocenters. The van der Waals surface area contributed by atoms with E-state index < -0.39 is 0 Å². The number of carbonyl (C=O) groups excluding carboxylic acids is 1. The monoisotopic (exact) mass is 429 g/mol. The van der Waals surface area contributed by atoms with Crippen molar-refractivity contribution in [1.29, 1.82) is 0 Å². The van der Waals surface area contributed by atoms with Gasteiger partial charge in [-0.25, -0.2) is 9.50 Å². The molecule has 0 bridgehead atoms. The summed E-state index contributed by atoms with van der Waals surface area (Å²) in [7, 11) is 4.75. The van der Waals surface area contributed by atoms with Crippen molar-refractivity contribution in [3.05, 3.63) is 71.7 Å². The molecule has 0 N–H and O–H groups in total. The predicted molar refractivity (Wildman–Crippen MR) is 120 cm³/mol. The van der Waals surface area contributed by atoms with Crippen LogP contribution >= 0.6 is 0 Å². The fourth-order valence-electron chi connectivity index (χ4n) is 4.37. The molecule has 2 aromatic carbocycles. The molecule has 0 amide bonds. The van der Waals surface area contributed by atoms with E-state index in [1.165, 1.54) is 0 Å². The van der Waals surface area contributed by atoms with Crippen LogP contribution in [0.4, 0.5) is 0 Å². The number of fused-ring (bicyclic) bond motifs is 2. The molecule has 2 heterocycles. The lowest BCUT2D eigenvalue weighted by Gasteiger charge is -2.24. The molecule has 0 aliphatic heterocycles. The Kier molecular flexibility index (Phi) is 5.01. The number of aromatic nitrogens is 3. The summed E-state index contributed by atoms with van der Waals surface area (Å²) in [5.41, 5.74) is 5.09. The average Bonchev–Trinajstić information content (AvgIpc) is 3.25. The zero-order chi connectivity index (χ0) is 22.2. The van der Waals surface area contributed by atoms with Gasteiger partial charge >= 0.3 is 0 Å². The maximum Gasteiger partial charge on any atom is 0.203 e. The van der Waals surface area contributed by atoms with E-state index in [4.69, 9.17) is 19.2 Å². The first-order valence-electron chi connectivity index (χ1n) is 10.4. The van der Waals surface area contributed by atoms with Crippen molar-refractivity contribution in [2.75, 3.05) is 21.3 Å². The maximum atomic E-state index is 13.1. The number of carbonyl (C=O) groups is 1. The predicted octanol–water partition coefficient (Wildman–Crippen LogP) is 4.33. The normalized spacial score (nSPS) is 15.5. The quantitative estimate of drug-likeness (QED) is 0.470. The Bertz CT molecular complexity index is 1290. The van der Waals surface area contributed by atoms with Crippen LogP contribution < -0.4 is 14.2 Å². The molecular weight excluding hydrogens is 406 g/mol. The van der Waals surface area contributed by atoms with E-state index in [0.29, 0.717) is 35.7 Å². The topological polar surface area (TPSA) is 75.0 Å². The van der Waals surface area contributed by atoms with Crippen LogP contribution in [0.15, 0.2) is 54.9 Å². The second-order valence-corrected chi connectivity index (χ2v) is 7.78. The zero-order valence-electron chi connectivity index (χ0n) is 18.2. The number of hydrogen-bond donors (Lipinski definition) is 0. The third-order valence-electron chi connectivity index (χ3n) is 5.99. The first-order chi connectivity index (χ1) is 15.6. The summed E-state index contributed by atoms with van der Waals surface area (Å²) >= 11 is 0. The van der Waals surface area contributed by atoms with Crippen LogP contribution in [0, 0.1) is 0 Å². The van der Waals surface area contributed by atoms with E-state index in [9.17, 15) is 4.79 Å². The second-order valence-electron chi connectivity index (χ2n) is 7.78. The molecule has 32 heavy (non-hydrogen) atoms. The Morgan fingerprint density at radius 2 is 1.66 bits per heavy atom. The van der Waals surface area contributed by atoms with Gasteiger partial charge in [0.25, 0.3) is 0 Å². The molecule has 0 radical (unpaired) electrons. The molecule has 5 rings (SSSR count). The van der Waals surface area contributed by atoms with Crippen LogP contribution in [0.2, 0.25) is 0 Å². The van der Waals surface area contributed by atoms with Crippen molar-refractivity contribution in [2.45, 2.75) is 18.8 Å². The molecule has 0 fully saturated rings. The highest BCUT2D eigenvalue weighted by atomic mass is 16.5. The van der Waals surface area contributed by atoms with Crippen molar-refractivity contribution in [2.24, 2.45) is 0 Å². The fourth-order valence-corrected chi connectivity index (χ4v) is 4.37. The van der Waals surface area contributed by atoms with Gasteiger partial charge in [-0.05, 0) is 35.6 Å². The fraction of sp³-hybridized carbons (Fsp3) is 0.240. The first-order valence-corrected chi connectivity index (χ1v) is 10.4. The summed E-state index contributed by atoms with van der Waals surface area (Å²) in [4.78, 5) is 17.9. The molecule has 4 aromatic rings. The zero-order valence-corrected chi connectivity index (χ0v) is 18.2. The van der Waals surface area contributed by atoms with Crippen molar-refractivity contribution in [3.8, 4) is 28.4 Å². The number of rotatable bonds is 5. The Balaban J connectivity index is 1.58. The SMILES string of the molecule is COc1cc(C2CC(=O)c3cn4ncc(-c5ccccc5)c4nc3C2)cc(OC)c1OC. The lowest BCUT2D eigenvalue weighted by atomic mass is 9.82. The number of ketones is 1. The molecule has 0 saturated heterocycles. The largest absolute Gasteiger partial charge is 0.493 e.